The topological polar surface area (TPSA) is 8.17 Å². The lowest BCUT2D eigenvalue weighted by Gasteiger charge is -2.61. The number of para-hydroxylation sites is 2. The fourth-order valence-electron chi connectivity index (χ4n) is 12.9. The van der Waals surface area contributed by atoms with Gasteiger partial charge in [-0.05, 0) is 149 Å². The Morgan fingerprint density at radius 3 is 1.86 bits per heavy atom. The number of fused-ring (bicyclic) bond motifs is 9. The molecule has 1 spiro atoms. The molecule has 0 atom stereocenters. The maximum Gasteiger partial charge on any atom is 0.0546 e. The standard InChI is InChI=1S/C54H42N2/c1-2-13-39(14-3-1)56-51-21-11-9-19-47(51)48-32-40(23-25-52(48)56)55(53-31-36-12-4-5-15-42(36)43-16-6-7-18-46(43)53)41-22-24-45-44-17-8-10-20-49(44)54(50(45)33-41)37-27-34-26-35(29-37)30-38(54)28-34/h1-25,31-35,37-38H,26-30H2. The van der Waals surface area contributed by atoms with Crippen molar-refractivity contribution in [2.24, 2.45) is 23.7 Å². The van der Waals surface area contributed by atoms with E-state index in [9.17, 15) is 0 Å². The van der Waals surface area contributed by atoms with Crippen LogP contribution < -0.4 is 4.90 Å². The molecule has 4 saturated carbocycles. The summed E-state index contributed by atoms with van der Waals surface area (Å²) in [5.41, 5.74) is 13.5. The molecular formula is C54H42N2. The molecule has 268 valence electrons. The lowest BCUT2D eigenvalue weighted by atomic mass is 9.43. The van der Waals surface area contributed by atoms with Gasteiger partial charge in [0.25, 0.3) is 0 Å². The normalized spacial score (nSPS) is 23.1. The molecule has 5 aliphatic rings. The SMILES string of the molecule is c1ccc(-n2c3ccccc3c3cc(N(c4ccc5c(c4)C4(c6ccccc6-5)C5CC6CC(C5)CC4C6)c4cc5ccccc5c5ccccc45)ccc32)cc1. The Morgan fingerprint density at radius 1 is 0.429 bits per heavy atom. The summed E-state index contributed by atoms with van der Waals surface area (Å²) in [5, 5.41) is 7.66. The first kappa shape index (κ1) is 31.1. The van der Waals surface area contributed by atoms with Gasteiger partial charge in [0, 0.05) is 38.6 Å². The highest BCUT2D eigenvalue weighted by molar-refractivity contribution is 6.16. The van der Waals surface area contributed by atoms with Crippen molar-refractivity contribution in [2.45, 2.75) is 37.5 Å². The predicted molar refractivity (Wildman–Crippen MR) is 234 cm³/mol. The van der Waals surface area contributed by atoms with Crippen molar-refractivity contribution in [2.75, 3.05) is 4.90 Å². The Labute approximate surface area is 327 Å². The monoisotopic (exact) mass is 718 g/mol. The second-order valence-electron chi connectivity index (χ2n) is 17.3. The molecule has 4 bridgehead atoms. The molecule has 0 aliphatic heterocycles. The molecular weight excluding hydrogens is 677 g/mol. The van der Waals surface area contributed by atoms with Crippen LogP contribution >= 0.6 is 0 Å². The van der Waals surface area contributed by atoms with Gasteiger partial charge in [-0.15, -0.1) is 0 Å². The van der Waals surface area contributed by atoms with Gasteiger partial charge in [-0.1, -0.05) is 115 Å². The average Bonchev–Trinajstić information content (AvgIpc) is 3.73. The Morgan fingerprint density at radius 2 is 1.04 bits per heavy atom. The molecule has 14 rings (SSSR count). The van der Waals surface area contributed by atoms with E-state index < -0.39 is 0 Å². The summed E-state index contributed by atoms with van der Waals surface area (Å²) < 4.78 is 2.42. The molecule has 9 aromatic rings. The third-order valence-electron chi connectivity index (χ3n) is 14.7. The number of aromatic nitrogens is 1. The number of anilines is 3. The second kappa shape index (κ2) is 11.5. The number of hydrogen-bond donors (Lipinski definition) is 0. The van der Waals surface area contributed by atoms with E-state index in [1.807, 2.05) is 0 Å². The first-order valence-corrected chi connectivity index (χ1v) is 20.8. The molecule has 4 fully saturated rings. The molecule has 0 N–H and O–H groups in total. The van der Waals surface area contributed by atoms with Gasteiger partial charge in [0.1, 0.15) is 0 Å². The van der Waals surface area contributed by atoms with Gasteiger partial charge >= 0.3 is 0 Å². The maximum absolute atomic E-state index is 2.65. The third-order valence-corrected chi connectivity index (χ3v) is 14.7. The highest BCUT2D eigenvalue weighted by Gasteiger charge is 2.61. The van der Waals surface area contributed by atoms with Crippen LogP contribution in [0.2, 0.25) is 0 Å². The van der Waals surface area contributed by atoms with E-state index in [1.54, 1.807) is 11.1 Å². The summed E-state index contributed by atoms with van der Waals surface area (Å²) in [4.78, 5) is 2.59. The molecule has 1 aromatic heterocycles. The van der Waals surface area contributed by atoms with Gasteiger partial charge in [0.15, 0.2) is 0 Å². The lowest BCUT2D eigenvalue weighted by molar-refractivity contribution is -0.0399. The smallest absolute Gasteiger partial charge is 0.0546 e. The van der Waals surface area contributed by atoms with E-state index in [-0.39, 0.29) is 5.41 Å². The maximum atomic E-state index is 2.65. The van der Waals surface area contributed by atoms with Crippen molar-refractivity contribution in [1.82, 2.24) is 4.57 Å². The molecule has 0 amide bonds. The van der Waals surface area contributed by atoms with Crippen LogP contribution in [0.1, 0.15) is 43.2 Å². The second-order valence-corrected chi connectivity index (χ2v) is 17.3. The van der Waals surface area contributed by atoms with Crippen LogP contribution in [-0.2, 0) is 5.41 Å². The molecule has 0 saturated heterocycles. The first-order chi connectivity index (χ1) is 27.7. The van der Waals surface area contributed by atoms with Crippen LogP contribution in [-0.4, -0.2) is 4.57 Å². The van der Waals surface area contributed by atoms with Crippen molar-refractivity contribution in [3.05, 3.63) is 181 Å². The van der Waals surface area contributed by atoms with E-state index in [0.29, 0.717) is 11.8 Å². The number of nitrogens with zero attached hydrogens (tertiary/aromatic N) is 2. The molecule has 56 heavy (non-hydrogen) atoms. The minimum absolute atomic E-state index is 0.0968. The van der Waals surface area contributed by atoms with Crippen LogP contribution in [0.25, 0.3) is 60.2 Å². The van der Waals surface area contributed by atoms with Crippen molar-refractivity contribution >= 4 is 60.4 Å². The molecule has 8 aromatic carbocycles. The van der Waals surface area contributed by atoms with Crippen LogP contribution in [0.5, 0.6) is 0 Å². The summed E-state index contributed by atoms with van der Waals surface area (Å²) in [5.74, 6) is 3.25. The zero-order valence-electron chi connectivity index (χ0n) is 31.4. The largest absolute Gasteiger partial charge is 0.310 e. The molecule has 0 unspecified atom stereocenters. The minimum atomic E-state index is 0.0968. The van der Waals surface area contributed by atoms with Crippen molar-refractivity contribution in [3.63, 3.8) is 0 Å². The molecule has 2 nitrogen and oxygen atoms in total. The van der Waals surface area contributed by atoms with Gasteiger partial charge in [-0.3, -0.25) is 0 Å². The summed E-state index contributed by atoms with van der Waals surface area (Å²) >= 11 is 0. The molecule has 2 heteroatoms. The fraction of sp³-hybridized carbons (Fsp3) is 0.185. The van der Waals surface area contributed by atoms with Crippen molar-refractivity contribution in [3.8, 4) is 16.8 Å². The zero-order valence-corrected chi connectivity index (χ0v) is 31.4. The quantitative estimate of drug-likeness (QED) is 0.165. The van der Waals surface area contributed by atoms with E-state index in [4.69, 9.17) is 0 Å². The van der Waals surface area contributed by atoms with E-state index in [1.165, 1.54) is 109 Å². The summed E-state index contributed by atoms with van der Waals surface area (Å²) in [6.07, 6.45) is 6.99. The van der Waals surface area contributed by atoms with Gasteiger partial charge < -0.3 is 9.47 Å². The Kier molecular flexibility index (Phi) is 6.37. The average molecular weight is 719 g/mol. The van der Waals surface area contributed by atoms with Gasteiger partial charge in [-0.25, -0.2) is 0 Å². The third kappa shape index (κ3) is 4.12. The summed E-state index contributed by atoms with van der Waals surface area (Å²) in [6.45, 7) is 0. The number of benzene rings is 8. The molecule has 1 heterocycles. The van der Waals surface area contributed by atoms with Crippen LogP contribution in [0.4, 0.5) is 17.1 Å². The van der Waals surface area contributed by atoms with Crippen LogP contribution in [0, 0.1) is 23.7 Å². The predicted octanol–water partition coefficient (Wildman–Crippen LogP) is 14.3. The Bertz CT molecular complexity index is 3030. The van der Waals surface area contributed by atoms with E-state index in [0.717, 1.165) is 11.8 Å². The van der Waals surface area contributed by atoms with Crippen molar-refractivity contribution in [1.29, 1.82) is 0 Å². The van der Waals surface area contributed by atoms with Gasteiger partial charge in [0.2, 0.25) is 0 Å². The molecule has 5 aliphatic carbocycles. The zero-order chi connectivity index (χ0) is 36.5. The van der Waals surface area contributed by atoms with Crippen molar-refractivity contribution < 1.29 is 0 Å². The van der Waals surface area contributed by atoms with E-state index >= 15 is 0 Å². The highest BCUT2D eigenvalue weighted by Crippen LogP contribution is 2.69. The minimum Gasteiger partial charge on any atom is -0.310 e. The summed E-state index contributed by atoms with van der Waals surface area (Å²) in [6, 6.07) is 64.3. The van der Waals surface area contributed by atoms with Crippen LogP contribution in [0.3, 0.4) is 0 Å². The van der Waals surface area contributed by atoms with Gasteiger partial charge in [0.05, 0.1) is 16.7 Å². The number of rotatable bonds is 4. The Hall–Kier alpha value is -6.12. The fourth-order valence-corrected chi connectivity index (χ4v) is 12.9. The van der Waals surface area contributed by atoms with Gasteiger partial charge in [-0.2, -0.15) is 0 Å². The highest BCUT2D eigenvalue weighted by atomic mass is 15.1. The number of hydrogen-bond acceptors (Lipinski definition) is 1. The summed E-state index contributed by atoms with van der Waals surface area (Å²) in [7, 11) is 0. The Balaban J connectivity index is 1.09. The molecule has 0 radical (unpaired) electrons. The first-order valence-electron chi connectivity index (χ1n) is 20.8. The van der Waals surface area contributed by atoms with Crippen LogP contribution in [0.15, 0.2) is 170 Å². The van der Waals surface area contributed by atoms with E-state index in [2.05, 4.69) is 179 Å². The lowest BCUT2D eigenvalue weighted by Crippen LogP contribution is -2.55.